The Morgan fingerprint density at radius 1 is 1.17 bits per heavy atom. The minimum absolute atomic E-state index is 0.0998. The Balaban J connectivity index is 1.69. The van der Waals surface area contributed by atoms with Crippen LogP contribution < -0.4 is 5.32 Å². The zero-order chi connectivity index (χ0) is 21.7. The van der Waals surface area contributed by atoms with Crippen molar-refractivity contribution < 1.29 is 14.7 Å². The molecule has 156 valence electrons. The lowest BCUT2D eigenvalue weighted by molar-refractivity contribution is -0.134. The number of amides is 2. The van der Waals surface area contributed by atoms with Gasteiger partial charge in [0.15, 0.2) is 0 Å². The van der Waals surface area contributed by atoms with Crippen LogP contribution >= 0.6 is 24.0 Å². The minimum atomic E-state index is -0.668. The van der Waals surface area contributed by atoms with Gasteiger partial charge in [0.05, 0.1) is 4.91 Å². The Morgan fingerprint density at radius 2 is 1.83 bits per heavy atom. The van der Waals surface area contributed by atoms with Crippen LogP contribution in [0.4, 0.5) is 0 Å². The SMILES string of the molecule is CC(C)C(C(=O)NCCc1ccc(O)cc1)N1C(=O)C(=Cc2ccccc2)SC1=S. The van der Waals surface area contributed by atoms with E-state index in [0.29, 0.717) is 22.2 Å². The van der Waals surface area contributed by atoms with Crippen molar-refractivity contribution in [1.29, 1.82) is 0 Å². The fraction of sp³-hybridized carbons (Fsp3) is 0.261. The van der Waals surface area contributed by atoms with Gasteiger partial charge in [0.1, 0.15) is 16.1 Å². The van der Waals surface area contributed by atoms with E-state index in [4.69, 9.17) is 12.2 Å². The molecule has 1 fully saturated rings. The van der Waals surface area contributed by atoms with Crippen molar-refractivity contribution >= 4 is 46.2 Å². The molecule has 5 nitrogen and oxygen atoms in total. The first-order valence-corrected chi connectivity index (χ1v) is 11.0. The third kappa shape index (κ3) is 5.29. The summed E-state index contributed by atoms with van der Waals surface area (Å²) in [7, 11) is 0. The molecule has 3 rings (SSSR count). The highest BCUT2D eigenvalue weighted by atomic mass is 32.2. The molecule has 1 saturated heterocycles. The highest BCUT2D eigenvalue weighted by Gasteiger charge is 2.41. The van der Waals surface area contributed by atoms with Crippen molar-refractivity contribution in [2.45, 2.75) is 26.3 Å². The van der Waals surface area contributed by atoms with Gasteiger partial charge in [-0.05, 0) is 41.7 Å². The molecule has 1 aliphatic heterocycles. The average molecular weight is 441 g/mol. The molecule has 0 spiro atoms. The summed E-state index contributed by atoms with van der Waals surface area (Å²) in [5.74, 6) is -0.347. The molecule has 1 heterocycles. The van der Waals surface area contributed by atoms with Crippen LogP contribution in [0.5, 0.6) is 5.75 Å². The third-order valence-electron chi connectivity index (χ3n) is 4.75. The number of aromatic hydroxyl groups is 1. The lowest BCUT2D eigenvalue weighted by Gasteiger charge is -2.29. The number of thioether (sulfide) groups is 1. The lowest BCUT2D eigenvalue weighted by Crippen LogP contribution is -2.51. The average Bonchev–Trinajstić information content (AvgIpc) is 2.98. The Bertz CT molecular complexity index is 956. The predicted octanol–water partition coefficient (Wildman–Crippen LogP) is 3.98. The van der Waals surface area contributed by atoms with Gasteiger partial charge >= 0.3 is 0 Å². The largest absolute Gasteiger partial charge is 0.508 e. The summed E-state index contributed by atoms with van der Waals surface area (Å²) < 4.78 is 0.398. The highest BCUT2D eigenvalue weighted by Crippen LogP contribution is 2.35. The second kappa shape index (κ2) is 9.91. The maximum atomic E-state index is 13.0. The summed E-state index contributed by atoms with van der Waals surface area (Å²) in [4.78, 5) is 27.9. The first kappa shape index (κ1) is 22.1. The summed E-state index contributed by atoms with van der Waals surface area (Å²) in [5.41, 5.74) is 1.92. The van der Waals surface area contributed by atoms with Gasteiger partial charge in [0.2, 0.25) is 5.91 Å². The van der Waals surface area contributed by atoms with Crippen LogP contribution in [0.1, 0.15) is 25.0 Å². The Hall–Kier alpha value is -2.64. The van der Waals surface area contributed by atoms with E-state index in [-0.39, 0.29) is 23.5 Å². The molecule has 0 bridgehead atoms. The van der Waals surface area contributed by atoms with E-state index in [1.807, 2.05) is 56.3 Å². The molecule has 0 aliphatic carbocycles. The summed E-state index contributed by atoms with van der Waals surface area (Å²) in [6.07, 6.45) is 2.43. The standard InChI is InChI=1S/C23H24N2O3S2/c1-15(2)20(21(27)24-13-12-16-8-10-18(26)11-9-16)25-22(28)19(30-23(25)29)14-17-6-4-3-5-7-17/h3-11,14-15,20,26H,12-13H2,1-2H3,(H,24,27). The van der Waals surface area contributed by atoms with E-state index < -0.39 is 6.04 Å². The molecule has 1 aliphatic rings. The molecule has 1 atom stereocenters. The summed E-state index contributed by atoms with van der Waals surface area (Å²) in [6.45, 7) is 4.24. The molecular formula is C23H24N2O3S2. The van der Waals surface area contributed by atoms with Crippen molar-refractivity contribution in [1.82, 2.24) is 10.2 Å². The summed E-state index contributed by atoms with van der Waals surface area (Å²) in [5, 5.41) is 12.3. The smallest absolute Gasteiger partial charge is 0.266 e. The van der Waals surface area contributed by atoms with Crippen LogP contribution in [0.25, 0.3) is 6.08 Å². The molecular weight excluding hydrogens is 416 g/mol. The van der Waals surface area contributed by atoms with E-state index in [2.05, 4.69) is 5.32 Å². The van der Waals surface area contributed by atoms with E-state index in [9.17, 15) is 14.7 Å². The van der Waals surface area contributed by atoms with Crippen molar-refractivity contribution in [3.05, 3.63) is 70.6 Å². The highest BCUT2D eigenvalue weighted by molar-refractivity contribution is 8.26. The Labute approximate surface area is 186 Å². The number of phenols is 1. The van der Waals surface area contributed by atoms with Crippen LogP contribution in [0.3, 0.4) is 0 Å². The van der Waals surface area contributed by atoms with E-state index in [1.165, 1.54) is 16.7 Å². The zero-order valence-corrected chi connectivity index (χ0v) is 18.5. The second-order valence-electron chi connectivity index (χ2n) is 7.36. The van der Waals surface area contributed by atoms with Gasteiger partial charge in [-0.1, -0.05) is 80.3 Å². The van der Waals surface area contributed by atoms with Gasteiger partial charge in [0.25, 0.3) is 5.91 Å². The third-order valence-corrected chi connectivity index (χ3v) is 6.08. The number of nitrogens with zero attached hydrogens (tertiary/aromatic N) is 1. The Morgan fingerprint density at radius 3 is 2.47 bits per heavy atom. The number of rotatable bonds is 7. The zero-order valence-electron chi connectivity index (χ0n) is 16.9. The van der Waals surface area contributed by atoms with Gasteiger partial charge in [-0.2, -0.15) is 0 Å². The van der Waals surface area contributed by atoms with Crippen molar-refractivity contribution in [2.24, 2.45) is 5.92 Å². The van der Waals surface area contributed by atoms with Crippen LogP contribution in [0.2, 0.25) is 0 Å². The van der Waals surface area contributed by atoms with Crippen LogP contribution in [0, 0.1) is 5.92 Å². The maximum Gasteiger partial charge on any atom is 0.266 e. The van der Waals surface area contributed by atoms with Crippen LogP contribution in [-0.4, -0.2) is 38.7 Å². The summed E-state index contributed by atoms with van der Waals surface area (Å²) in [6, 6.07) is 15.8. The normalized spacial score (nSPS) is 16.4. The van der Waals surface area contributed by atoms with Gasteiger partial charge in [-0.25, -0.2) is 0 Å². The number of thiocarbonyl (C=S) groups is 1. The van der Waals surface area contributed by atoms with E-state index in [1.54, 1.807) is 18.2 Å². The minimum Gasteiger partial charge on any atom is -0.508 e. The van der Waals surface area contributed by atoms with Crippen LogP contribution in [-0.2, 0) is 16.0 Å². The molecule has 2 N–H and O–H groups in total. The molecule has 2 amide bonds. The number of carbonyl (C=O) groups excluding carboxylic acids is 2. The number of hydrogen-bond acceptors (Lipinski definition) is 5. The van der Waals surface area contributed by atoms with Gasteiger partial charge in [-0.3, -0.25) is 14.5 Å². The molecule has 7 heteroatoms. The number of hydrogen-bond donors (Lipinski definition) is 2. The molecule has 0 aromatic heterocycles. The fourth-order valence-corrected chi connectivity index (χ4v) is 4.57. The predicted molar refractivity (Wildman–Crippen MR) is 125 cm³/mol. The molecule has 30 heavy (non-hydrogen) atoms. The van der Waals surface area contributed by atoms with Crippen molar-refractivity contribution in [2.75, 3.05) is 6.54 Å². The number of carbonyl (C=O) groups is 2. The quantitative estimate of drug-likeness (QED) is 0.504. The van der Waals surface area contributed by atoms with Gasteiger partial charge in [0, 0.05) is 6.54 Å². The number of nitrogens with one attached hydrogen (secondary N) is 1. The molecule has 2 aromatic carbocycles. The topological polar surface area (TPSA) is 69.6 Å². The first-order valence-electron chi connectivity index (χ1n) is 9.74. The van der Waals surface area contributed by atoms with Crippen molar-refractivity contribution in [3.8, 4) is 5.75 Å². The number of benzene rings is 2. The first-order chi connectivity index (χ1) is 14.4. The van der Waals surface area contributed by atoms with Gasteiger partial charge in [-0.15, -0.1) is 0 Å². The molecule has 2 aromatic rings. The molecule has 0 radical (unpaired) electrons. The van der Waals surface area contributed by atoms with Gasteiger partial charge < -0.3 is 10.4 Å². The van der Waals surface area contributed by atoms with E-state index >= 15 is 0 Å². The fourth-order valence-electron chi connectivity index (χ4n) is 3.24. The lowest BCUT2D eigenvalue weighted by atomic mass is 10.0. The van der Waals surface area contributed by atoms with Crippen molar-refractivity contribution in [3.63, 3.8) is 0 Å². The monoisotopic (exact) mass is 440 g/mol. The number of phenolic OH excluding ortho intramolecular Hbond substituents is 1. The summed E-state index contributed by atoms with van der Waals surface area (Å²) >= 11 is 6.68. The Kier molecular flexibility index (Phi) is 7.29. The molecule has 0 saturated carbocycles. The molecule has 1 unspecified atom stereocenters. The maximum absolute atomic E-state index is 13.0. The second-order valence-corrected chi connectivity index (χ2v) is 9.03. The van der Waals surface area contributed by atoms with Crippen LogP contribution in [0.15, 0.2) is 59.5 Å². The van der Waals surface area contributed by atoms with E-state index in [0.717, 1.165) is 11.1 Å².